The zero-order valence-corrected chi connectivity index (χ0v) is 18.5. The highest BCUT2D eigenvalue weighted by Crippen LogP contribution is 2.24. The number of benzene rings is 1. The van der Waals surface area contributed by atoms with E-state index >= 15 is 0 Å². The van der Waals surface area contributed by atoms with E-state index < -0.39 is 0 Å². The molecule has 0 unspecified atom stereocenters. The van der Waals surface area contributed by atoms with Crippen LogP contribution in [0.4, 0.5) is 0 Å². The first-order valence-corrected chi connectivity index (χ1v) is 10.5. The lowest BCUT2D eigenvalue weighted by Gasteiger charge is -2.22. The number of carbonyl (C=O) groups is 2. The fourth-order valence-electron chi connectivity index (χ4n) is 3.42. The third-order valence-corrected chi connectivity index (χ3v) is 5.37. The highest BCUT2D eigenvalue weighted by atomic mass is 16.5. The van der Waals surface area contributed by atoms with Gasteiger partial charge in [-0.25, -0.2) is 4.79 Å². The number of allylic oxidation sites excluding steroid dienone is 3. The number of methoxy groups -OCH3 is 1. The molecule has 1 aromatic rings. The van der Waals surface area contributed by atoms with Gasteiger partial charge < -0.3 is 9.64 Å². The van der Waals surface area contributed by atoms with Gasteiger partial charge in [0.15, 0.2) is 0 Å². The van der Waals surface area contributed by atoms with Crippen LogP contribution in [0.5, 0.6) is 0 Å². The fourth-order valence-corrected chi connectivity index (χ4v) is 3.42. The van der Waals surface area contributed by atoms with Gasteiger partial charge in [-0.2, -0.15) is 0 Å². The molecule has 29 heavy (non-hydrogen) atoms. The second-order valence-corrected chi connectivity index (χ2v) is 9.09. The summed E-state index contributed by atoms with van der Waals surface area (Å²) < 4.78 is 4.73. The van der Waals surface area contributed by atoms with Gasteiger partial charge in [0.25, 0.3) is 0 Å². The monoisotopic (exact) mass is 397 g/mol. The molecule has 4 nitrogen and oxygen atoms in total. The SMILES string of the molecule is COC(=O)c1ccc(CCN2C(=O)CC[C@@H]2/C=C/C=C(\C)CCC(C)(C)C)cc1. The van der Waals surface area contributed by atoms with Crippen LogP contribution in [0.3, 0.4) is 0 Å². The maximum atomic E-state index is 12.3. The van der Waals surface area contributed by atoms with Crippen molar-refractivity contribution in [1.82, 2.24) is 4.90 Å². The van der Waals surface area contributed by atoms with Gasteiger partial charge in [-0.1, -0.05) is 56.7 Å². The van der Waals surface area contributed by atoms with E-state index in [1.165, 1.54) is 19.1 Å². The number of amides is 1. The van der Waals surface area contributed by atoms with Crippen molar-refractivity contribution in [2.75, 3.05) is 13.7 Å². The Morgan fingerprint density at radius 2 is 1.93 bits per heavy atom. The molecule has 0 bridgehead atoms. The van der Waals surface area contributed by atoms with E-state index in [2.05, 4.69) is 45.9 Å². The molecule has 0 radical (unpaired) electrons. The Balaban J connectivity index is 1.90. The molecule has 4 heteroatoms. The van der Waals surface area contributed by atoms with Gasteiger partial charge in [-0.3, -0.25) is 4.79 Å². The Hall–Kier alpha value is -2.36. The standard InChI is InChI=1S/C25H35NO3/c1-19(15-17-25(2,3)4)7-6-8-22-13-14-23(27)26(22)18-16-20-9-11-21(12-10-20)24(28)29-5/h6-12,22H,13-18H2,1-5H3/b8-6+,19-7+/t22-/m0/s1. The van der Waals surface area contributed by atoms with E-state index in [9.17, 15) is 9.59 Å². The minimum atomic E-state index is -0.331. The molecule has 1 aliphatic heterocycles. The van der Waals surface area contributed by atoms with Gasteiger partial charge in [0, 0.05) is 13.0 Å². The average molecular weight is 398 g/mol. The summed E-state index contributed by atoms with van der Waals surface area (Å²) in [5.41, 5.74) is 3.38. The van der Waals surface area contributed by atoms with Crippen molar-refractivity contribution in [3.63, 3.8) is 0 Å². The third-order valence-electron chi connectivity index (χ3n) is 5.37. The molecule has 1 fully saturated rings. The molecule has 1 amide bonds. The van der Waals surface area contributed by atoms with E-state index in [1.54, 1.807) is 12.1 Å². The number of ether oxygens (including phenoxy) is 1. The first-order chi connectivity index (χ1) is 13.7. The maximum absolute atomic E-state index is 12.3. The van der Waals surface area contributed by atoms with Crippen LogP contribution in [0.1, 0.15) is 69.3 Å². The van der Waals surface area contributed by atoms with Crippen molar-refractivity contribution >= 4 is 11.9 Å². The van der Waals surface area contributed by atoms with Crippen molar-refractivity contribution in [3.8, 4) is 0 Å². The van der Waals surface area contributed by atoms with Crippen molar-refractivity contribution < 1.29 is 14.3 Å². The van der Waals surface area contributed by atoms with Crippen LogP contribution in [-0.4, -0.2) is 36.5 Å². The highest BCUT2D eigenvalue weighted by molar-refractivity contribution is 5.89. The molecule has 158 valence electrons. The predicted molar refractivity (Wildman–Crippen MR) is 118 cm³/mol. The molecule has 1 saturated heterocycles. The molecule has 0 aromatic heterocycles. The Kier molecular flexibility index (Phi) is 8.24. The van der Waals surface area contributed by atoms with E-state index in [-0.39, 0.29) is 17.9 Å². The lowest BCUT2D eigenvalue weighted by molar-refractivity contribution is -0.128. The molecule has 0 N–H and O–H groups in total. The molecule has 0 aliphatic carbocycles. The van der Waals surface area contributed by atoms with Crippen molar-refractivity contribution in [3.05, 3.63) is 59.2 Å². The zero-order valence-electron chi connectivity index (χ0n) is 18.5. The summed E-state index contributed by atoms with van der Waals surface area (Å²) in [6.07, 6.45) is 11.0. The Morgan fingerprint density at radius 3 is 2.55 bits per heavy atom. The lowest BCUT2D eigenvalue weighted by atomic mass is 9.89. The van der Waals surface area contributed by atoms with Crippen molar-refractivity contribution in [1.29, 1.82) is 0 Å². The van der Waals surface area contributed by atoms with Crippen LogP contribution in [-0.2, 0) is 16.0 Å². The topological polar surface area (TPSA) is 46.6 Å². The summed E-state index contributed by atoms with van der Waals surface area (Å²) in [6, 6.07) is 7.58. The van der Waals surface area contributed by atoms with Gasteiger partial charge >= 0.3 is 5.97 Å². The zero-order chi connectivity index (χ0) is 21.4. The van der Waals surface area contributed by atoms with Crippen LogP contribution < -0.4 is 0 Å². The fraction of sp³-hybridized carbons (Fsp3) is 0.520. The van der Waals surface area contributed by atoms with Gasteiger partial charge in [0.1, 0.15) is 0 Å². The number of likely N-dealkylation sites (tertiary alicyclic amines) is 1. The minimum absolute atomic E-state index is 0.170. The van der Waals surface area contributed by atoms with Crippen LogP contribution in [0.25, 0.3) is 0 Å². The first-order valence-electron chi connectivity index (χ1n) is 10.5. The van der Waals surface area contributed by atoms with Crippen molar-refractivity contribution in [2.45, 2.75) is 65.8 Å². The number of hydrogen-bond acceptors (Lipinski definition) is 3. The Labute approximate surface area is 175 Å². The summed E-state index contributed by atoms with van der Waals surface area (Å²) in [7, 11) is 1.38. The quantitative estimate of drug-likeness (QED) is 0.440. The average Bonchev–Trinajstić information content (AvgIpc) is 3.03. The Morgan fingerprint density at radius 1 is 1.24 bits per heavy atom. The van der Waals surface area contributed by atoms with Gasteiger partial charge in [0.2, 0.25) is 5.91 Å². The molecule has 1 heterocycles. The molecule has 0 saturated carbocycles. The number of carbonyl (C=O) groups excluding carboxylic acids is 2. The first kappa shape index (κ1) is 22.9. The maximum Gasteiger partial charge on any atom is 0.337 e. The van der Waals surface area contributed by atoms with E-state index in [1.807, 2.05) is 17.0 Å². The highest BCUT2D eigenvalue weighted by Gasteiger charge is 2.28. The number of rotatable bonds is 8. The minimum Gasteiger partial charge on any atom is -0.465 e. The Bertz CT molecular complexity index is 753. The van der Waals surface area contributed by atoms with Crippen molar-refractivity contribution in [2.24, 2.45) is 5.41 Å². The summed E-state index contributed by atoms with van der Waals surface area (Å²) >= 11 is 0. The predicted octanol–water partition coefficient (Wildman–Crippen LogP) is 5.34. The summed E-state index contributed by atoms with van der Waals surface area (Å²) in [6.45, 7) is 9.66. The van der Waals surface area contributed by atoms with Gasteiger partial charge in [0.05, 0.1) is 18.7 Å². The molecular formula is C25H35NO3. The summed E-state index contributed by atoms with van der Waals surface area (Å²) in [4.78, 5) is 25.8. The second-order valence-electron chi connectivity index (χ2n) is 9.09. The third kappa shape index (κ3) is 7.52. The lowest BCUT2D eigenvalue weighted by Crippen LogP contribution is -2.33. The van der Waals surface area contributed by atoms with Gasteiger partial charge in [-0.15, -0.1) is 0 Å². The van der Waals surface area contributed by atoms with Crippen LogP contribution >= 0.6 is 0 Å². The number of esters is 1. The summed E-state index contributed by atoms with van der Waals surface area (Å²) in [5, 5.41) is 0. The second kappa shape index (κ2) is 10.4. The number of hydrogen-bond donors (Lipinski definition) is 0. The summed E-state index contributed by atoms with van der Waals surface area (Å²) in [5.74, 6) is -0.110. The molecule has 2 rings (SSSR count). The van der Waals surface area contributed by atoms with E-state index in [0.29, 0.717) is 23.9 Å². The number of nitrogens with zero attached hydrogens (tertiary/aromatic N) is 1. The molecular weight excluding hydrogens is 362 g/mol. The smallest absolute Gasteiger partial charge is 0.337 e. The molecule has 1 atom stereocenters. The molecule has 0 spiro atoms. The van der Waals surface area contributed by atoms with E-state index in [0.717, 1.165) is 24.8 Å². The molecule has 1 aromatic carbocycles. The normalized spacial score (nSPS) is 18.0. The van der Waals surface area contributed by atoms with Crippen LogP contribution in [0, 0.1) is 5.41 Å². The van der Waals surface area contributed by atoms with Gasteiger partial charge in [-0.05, 0) is 55.7 Å². The largest absolute Gasteiger partial charge is 0.465 e. The molecule has 1 aliphatic rings. The van der Waals surface area contributed by atoms with Crippen LogP contribution in [0.15, 0.2) is 48.1 Å². The van der Waals surface area contributed by atoms with Crippen LogP contribution in [0.2, 0.25) is 0 Å². The van der Waals surface area contributed by atoms with E-state index in [4.69, 9.17) is 4.74 Å².